The predicted molar refractivity (Wildman–Crippen MR) is 94.5 cm³/mol. The molecule has 0 aliphatic rings. The number of carbonyl (C=O) groups is 2. The van der Waals surface area contributed by atoms with Crippen LogP contribution in [0.3, 0.4) is 0 Å². The zero-order chi connectivity index (χ0) is 20.8. The van der Waals surface area contributed by atoms with Gasteiger partial charge in [0.1, 0.15) is 12.1 Å². The quantitative estimate of drug-likeness (QED) is 0.207. The average molecular weight is 426 g/mol. The first-order valence-electron chi connectivity index (χ1n) is 7.53. The maximum absolute atomic E-state index is 12.2. The van der Waals surface area contributed by atoms with E-state index in [1.54, 1.807) is 4.72 Å². The monoisotopic (exact) mass is 426 g/mol. The Morgan fingerprint density at radius 3 is 2.48 bits per heavy atom. The summed E-state index contributed by atoms with van der Waals surface area (Å²) in [4.78, 5) is 26.3. The lowest BCUT2D eigenvalue weighted by atomic mass is 10.2. The minimum Gasteiger partial charge on any atom is -0.480 e. The fraction of sp³-hybridized carbons (Fsp3) is 0.667. The number of aliphatic hydroxyl groups is 1. The molecule has 0 aromatic carbocycles. The molecule has 8 N–H and O–H groups in total. The van der Waals surface area contributed by atoms with Gasteiger partial charge in [0.05, 0.1) is 18.6 Å². The number of carboxylic acid groups (broad SMARTS) is 1. The SMILES string of the molecule is CSC[C@H](N)c1noc(C(CC(N)=O)NS(=O)(=O)N[C@H](C(=O)O)C(C)O)n1. The largest absolute Gasteiger partial charge is 0.480 e. The minimum absolute atomic E-state index is 0.105. The van der Waals surface area contributed by atoms with E-state index in [0.29, 0.717) is 5.75 Å². The van der Waals surface area contributed by atoms with Crippen molar-refractivity contribution in [2.45, 2.75) is 37.6 Å². The van der Waals surface area contributed by atoms with Crippen molar-refractivity contribution in [2.75, 3.05) is 12.0 Å². The molecule has 1 aromatic heterocycles. The molecule has 0 aliphatic carbocycles. The molecule has 0 fully saturated rings. The Morgan fingerprint density at radius 2 is 2.00 bits per heavy atom. The number of hydrogen-bond acceptors (Lipinski definition) is 10. The van der Waals surface area contributed by atoms with E-state index in [-0.39, 0.29) is 11.7 Å². The molecule has 1 rings (SSSR count). The number of carboxylic acids is 1. The molecular weight excluding hydrogens is 404 g/mol. The Labute approximate surface area is 159 Å². The van der Waals surface area contributed by atoms with E-state index in [1.165, 1.54) is 11.8 Å². The second kappa shape index (κ2) is 9.95. The van der Waals surface area contributed by atoms with Crippen molar-refractivity contribution in [1.29, 1.82) is 0 Å². The highest BCUT2D eigenvalue weighted by Crippen LogP contribution is 2.19. The van der Waals surface area contributed by atoms with Gasteiger partial charge in [-0.15, -0.1) is 0 Å². The van der Waals surface area contributed by atoms with Crippen LogP contribution in [0.25, 0.3) is 0 Å². The fourth-order valence-electron chi connectivity index (χ4n) is 1.92. The summed E-state index contributed by atoms with van der Waals surface area (Å²) in [6, 6.07) is -3.75. The van der Waals surface area contributed by atoms with Gasteiger partial charge < -0.3 is 26.2 Å². The maximum Gasteiger partial charge on any atom is 0.324 e. The molecule has 0 bridgehead atoms. The van der Waals surface area contributed by atoms with Crippen molar-refractivity contribution in [3.05, 3.63) is 11.7 Å². The van der Waals surface area contributed by atoms with Crippen LogP contribution < -0.4 is 20.9 Å². The minimum atomic E-state index is -4.50. The van der Waals surface area contributed by atoms with E-state index < -0.39 is 52.7 Å². The summed E-state index contributed by atoms with van der Waals surface area (Å²) in [7, 11) is -4.50. The van der Waals surface area contributed by atoms with Gasteiger partial charge in [0.25, 0.3) is 10.2 Å². The maximum atomic E-state index is 12.2. The third kappa shape index (κ3) is 7.39. The zero-order valence-electron chi connectivity index (χ0n) is 14.5. The number of carbonyl (C=O) groups excluding carboxylic acids is 1. The molecule has 154 valence electrons. The number of aliphatic carboxylic acids is 1. The summed E-state index contributed by atoms with van der Waals surface area (Å²) in [6.07, 6.45) is -0.238. The van der Waals surface area contributed by atoms with Crippen LogP contribution in [0, 0.1) is 0 Å². The third-order valence-electron chi connectivity index (χ3n) is 3.17. The number of nitrogens with one attached hydrogen (secondary N) is 2. The number of primary amides is 1. The highest BCUT2D eigenvalue weighted by molar-refractivity contribution is 7.98. The van der Waals surface area contributed by atoms with Gasteiger partial charge >= 0.3 is 5.97 Å². The molecule has 1 aromatic rings. The van der Waals surface area contributed by atoms with Crippen LogP contribution in [0.15, 0.2) is 4.52 Å². The molecule has 2 unspecified atom stereocenters. The van der Waals surface area contributed by atoms with Crippen molar-refractivity contribution >= 4 is 33.8 Å². The van der Waals surface area contributed by atoms with Crippen LogP contribution >= 0.6 is 11.8 Å². The molecule has 4 atom stereocenters. The van der Waals surface area contributed by atoms with Crippen LogP contribution in [0.5, 0.6) is 0 Å². The van der Waals surface area contributed by atoms with Gasteiger partial charge in [0.2, 0.25) is 11.8 Å². The van der Waals surface area contributed by atoms with E-state index in [4.69, 9.17) is 21.1 Å². The molecule has 1 heterocycles. The van der Waals surface area contributed by atoms with Crippen molar-refractivity contribution in [3.8, 4) is 0 Å². The van der Waals surface area contributed by atoms with Gasteiger partial charge in [-0.1, -0.05) is 5.16 Å². The van der Waals surface area contributed by atoms with Crippen molar-refractivity contribution in [3.63, 3.8) is 0 Å². The van der Waals surface area contributed by atoms with Crippen LogP contribution in [0.1, 0.15) is 37.1 Å². The Hall–Kier alpha value is -1.78. The third-order valence-corrected chi connectivity index (χ3v) is 5.02. The highest BCUT2D eigenvalue weighted by atomic mass is 32.2. The first-order valence-corrected chi connectivity index (χ1v) is 10.4. The summed E-state index contributed by atoms with van der Waals surface area (Å²) in [6.45, 7) is 1.10. The second-order valence-electron chi connectivity index (χ2n) is 5.57. The first kappa shape index (κ1) is 23.3. The number of amides is 1. The number of rotatable bonds is 12. The number of nitrogens with two attached hydrogens (primary N) is 2. The number of hydrogen-bond donors (Lipinski definition) is 6. The van der Waals surface area contributed by atoms with Crippen molar-refractivity contribution in [2.24, 2.45) is 11.5 Å². The van der Waals surface area contributed by atoms with Crippen LogP contribution in [0.2, 0.25) is 0 Å². The summed E-state index contributed by atoms with van der Waals surface area (Å²) < 4.78 is 33.1. The van der Waals surface area contributed by atoms with Gasteiger partial charge in [-0.05, 0) is 13.2 Å². The number of nitrogens with zero attached hydrogens (tertiary/aromatic N) is 2. The molecule has 0 saturated carbocycles. The average Bonchev–Trinajstić information content (AvgIpc) is 3.01. The van der Waals surface area contributed by atoms with Crippen LogP contribution in [-0.4, -0.2) is 64.8 Å². The van der Waals surface area contributed by atoms with E-state index in [1.807, 2.05) is 11.0 Å². The number of aliphatic hydroxyl groups excluding tert-OH is 1. The van der Waals surface area contributed by atoms with Crippen LogP contribution in [-0.2, 0) is 19.8 Å². The van der Waals surface area contributed by atoms with Gasteiger partial charge in [0, 0.05) is 5.75 Å². The molecule has 1 amide bonds. The molecular formula is C12H22N6O7S2. The van der Waals surface area contributed by atoms with Gasteiger partial charge in [-0.2, -0.15) is 34.6 Å². The molecule has 13 nitrogen and oxygen atoms in total. The standard InChI is InChI=1S/C12H22N6O7S2/c1-5(19)9(12(21)22)18-27(23,24)17-7(3-8(14)20)11-15-10(16-25-11)6(13)4-26-2/h5-7,9,17-19H,3-4,13H2,1-2H3,(H2,14,20)(H,21,22)/t5?,6-,7?,9-/m0/s1. The summed E-state index contributed by atoms with van der Waals surface area (Å²) in [5, 5.41) is 22.0. The summed E-state index contributed by atoms with van der Waals surface area (Å²) in [5.74, 6) is -2.16. The fourth-order valence-corrected chi connectivity index (χ4v) is 3.68. The van der Waals surface area contributed by atoms with E-state index in [0.717, 1.165) is 6.92 Å². The number of thioether (sulfide) groups is 1. The molecule has 0 aliphatic heterocycles. The predicted octanol–water partition coefficient (Wildman–Crippen LogP) is -2.39. The zero-order valence-corrected chi connectivity index (χ0v) is 16.2. The Morgan fingerprint density at radius 1 is 1.37 bits per heavy atom. The number of aromatic nitrogens is 2. The first-order chi connectivity index (χ1) is 12.5. The van der Waals surface area contributed by atoms with Gasteiger partial charge in [-0.25, -0.2) is 0 Å². The Bertz CT molecular complexity index is 753. The van der Waals surface area contributed by atoms with E-state index in [9.17, 15) is 23.1 Å². The van der Waals surface area contributed by atoms with E-state index in [2.05, 4.69) is 10.1 Å². The lowest BCUT2D eigenvalue weighted by Crippen LogP contribution is -2.52. The smallest absolute Gasteiger partial charge is 0.324 e. The topological polar surface area (TPSA) is 224 Å². The van der Waals surface area contributed by atoms with E-state index >= 15 is 0 Å². The molecule has 0 spiro atoms. The normalized spacial score (nSPS) is 16.4. The van der Waals surface area contributed by atoms with Crippen molar-refractivity contribution in [1.82, 2.24) is 19.6 Å². The second-order valence-corrected chi connectivity index (χ2v) is 7.96. The van der Waals surface area contributed by atoms with Crippen LogP contribution in [0.4, 0.5) is 0 Å². The summed E-state index contributed by atoms with van der Waals surface area (Å²) >= 11 is 1.43. The van der Waals surface area contributed by atoms with Gasteiger partial charge in [0.15, 0.2) is 5.82 Å². The highest BCUT2D eigenvalue weighted by Gasteiger charge is 2.32. The molecule has 27 heavy (non-hydrogen) atoms. The molecule has 15 heteroatoms. The molecule has 0 saturated heterocycles. The molecule has 0 radical (unpaired) electrons. The summed E-state index contributed by atoms with van der Waals surface area (Å²) in [5.41, 5.74) is 11.0. The van der Waals surface area contributed by atoms with Crippen molar-refractivity contribution < 1.29 is 32.7 Å². The lowest BCUT2D eigenvalue weighted by Gasteiger charge is -2.19. The lowest BCUT2D eigenvalue weighted by molar-refractivity contribution is -0.141. The Kier molecular flexibility index (Phi) is 8.58. The Balaban J connectivity index is 3.04. The van der Waals surface area contributed by atoms with Gasteiger partial charge in [-0.3, -0.25) is 9.59 Å².